The Morgan fingerprint density at radius 3 is 2.39 bits per heavy atom. The second-order valence-electron chi connectivity index (χ2n) is 8.57. The van der Waals surface area contributed by atoms with Gasteiger partial charge in [0.05, 0.1) is 23.5 Å². The number of hydrogen-bond donors (Lipinski definition) is 0. The number of fused-ring (bicyclic) bond motifs is 1. The number of hydrogen-bond acceptors (Lipinski definition) is 5. The zero-order valence-electron chi connectivity index (χ0n) is 18.9. The number of halogens is 1. The molecule has 0 spiro atoms. The number of rotatable bonds is 5. The Bertz CT molecular complexity index is 1310. The van der Waals surface area contributed by atoms with Crippen molar-refractivity contribution in [3.05, 3.63) is 87.9 Å². The Morgan fingerprint density at radius 2 is 1.76 bits per heavy atom. The minimum absolute atomic E-state index is 0.00703. The van der Waals surface area contributed by atoms with Gasteiger partial charge in [-0.05, 0) is 59.0 Å². The number of aromatic nitrogens is 1. The summed E-state index contributed by atoms with van der Waals surface area (Å²) in [4.78, 5) is 18.2. The van der Waals surface area contributed by atoms with E-state index in [0.717, 1.165) is 31.6 Å². The molecule has 0 saturated carbocycles. The lowest BCUT2D eigenvalue weighted by Gasteiger charge is -2.19. The van der Waals surface area contributed by atoms with Crippen LogP contribution < -0.4 is 9.75 Å². The van der Waals surface area contributed by atoms with E-state index in [1.54, 1.807) is 13.3 Å². The van der Waals surface area contributed by atoms with Gasteiger partial charge in [0, 0.05) is 10.0 Å². The smallest absolute Gasteiger partial charge is 0.280 e. The zero-order valence-corrected chi connectivity index (χ0v) is 21.3. The van der Waals surface area contributed by atoms with Crippen LogP contribution in [-0.2, 0) is 5.41 Å². The molecule has 0 fully saturated rings. The van der Waals surface area contributed by atoms with E-state index >= 15 is 0 Å². The highest BCUT2D eigenvalue weighted by Crippen LogP contribution is 2.32. The van der Waals surface area contributed by atoms with Crippen molar-refractivity contribution >= 4 is 54.7 Å². The number of thiazole rings is 1. The number of benzene rings is 3. The molecule has 0 atom stereocenters. The Kier molecular flexibility index (Phi) is 6.63. The predicted octanol–water partition coefficient (Wildman–Crippen LogP) is 7.05. The van der Waals surface area contributed by atoms with Crippen molar-refractivity contribution in [2.75, 3.05) is 12.1 Å². The van der Waals surface area contributed by atoms with E-state index in [1.807, 2.05) is 66.7 Å². The molecule has 3 aromatic carbocycles. The van der Waals surface area contributed by atoms with E-state index in [4.69, 9.17) is 4.74 Å². The molecule has 1 aromatic heterocycles. The summed E-state index contributed by atoms with van der Waals surface area (Å²) in [6.07, 6.45) is 1.67. The SMILES string of the molecule is COc1ccc2nc(N(/N=C/c3ccc(Br)cc3)C(=O)c3ccc(C(C)(C)C)cc3)sc2c1. The van der Waals surface area contributed by atoms with Gasteiger partial charge in [-0.15, -0.1) is 0 Å². The van der Waals surface area contributed by atoms with E-state index in [-0.39, 0.29) is 11.3 Å². The van der Waals surface area contributed by atoms with Crippen LogP contribution in [0.15, 0.2) is 76.3 Å². The largest absolute Gasteiger partial charge is 0.497 e. The normalized spacial score (nSPS) is 11.8. The maximum Gasteiger partial charge on any atom is 0.280 e. The number of hydrazone groups is 1. The summed E-state index contributed by atoms with van der Waals surface area (Å²) in [5, 5.41) is 6.40. The first kappa shape index (κ1) is 23.1. The van der Waals surface area contributed by atoms with Crippen LogP contribution >= 0.6 is 27.3 Å². The van der Waals surface area contributed by atoms with Gasteiger partial charge >= 0.3 is 0 Å². The van der Waals surface area contributed by atoms with Gasteiger partial charge in [0.2, 0.25) is 5.13 Å². The monoisotopic (exact) mass is 521 g/mol. The number of ether oxygens (including phenoxy) is 1. The van der Waals surface area contributed by atoms with Crippen LogP contribution in [-0.4, -0.2) is 24.2 Å². The van der Waals surface area contributed by atoms with Gasteiger partial charge in [-0.25, -0.2) is 4.98 Å². The average molecular weight is 522 g/mol. The lowest BCUT2D eigenvalue weighted by Crippen LogP contribution is -2.25. The summed E-state index contributed by atoms with van der Waals surface area (Å²) < 4.78 is 7.23. The van der Waals surface area contributed by atoms with Crippen molar-refractivity contribution in [1.82, 2.24) is 4.98 Å². The van der Waals surface area contributed by atoms with Gasteiger partial charge in [-0.1, -0.05) is 72.3 Å². The molecule has 7 heteroatoms. The molecular formula is C26H24BrN3O2S. The van der Waals surface area contributed by atoms with Crippen LogP contribution in [0.5, 0.6) is 5.75 Å². The molecule has 168 valence electrons. The van der Waals surface area contributed by atoms with Gasteiger partial charge in [0.15, 0.2) is 0 Å². The van der Waals surface area contributed by atoms with Crippen molar-refractivity contribution in [3.63, 3.8) is 0 Å². The zero-order chi connectivity index (χ0) is 23.6. The Morgan fingerprint density at radius 1 is 1.06 bits per heavy atom. The molecule has 0 aliphatic carbocycles. The number of amides is 1. The molecule has 0 bridgehead atoms. The summed E-state index contributed by atoms with van der Waals surface area (Å²) >= 11 is 4.83. The van der Waals surface area contributed by atoms with Crippen molar-refractivity contribution < 1.29 is 9.53 Å². The number of anilines is 1. The van der Waals surface area contributed by atoms with Crippen molar-refractivity contribution in [3.8, 4) is 5.75 Å². The number of carbonyl (C=O) groups is 1. The first-order valence-electron chi connectivity index (χ1n) is 10.4. The lowest BCUT2D eigenvalue weighted by atomic mass is 9.87. The summed E-state index contributed by atoms with van der Waals surface area (Å²) in [6.45, 7) is 6.44. The summed E-state index contributed by atoms with van der Waals surface area (Å²) in [5.41, 5.74) is 3.38. The number of methoxy groups -OCH3 is 1. The van der Waals surface area contributed by atoms with Gasteiger partial charge < -0.3 is 4.74 Å². The first-order valence-corrected chi connectivity index (χ1v) is 12.0. The minimum Gasteiger partial charge on any atom is -0.497 e. The molecular weight excluding hydrogens is 498 g/mol. The Labute approximate surface area is 205 Å². The molecule has 5 nitrogen and oxygen atoms in total. The van der Waals surface area contributed by atoms with E-state index in [1.165, 1.54) is 16.3 Å². The molecule has 0 saturated heterocycles. The van der Waals surface area contributed by atoms with Gasteiger partial charge in [-0.3, -0.25) is 4.79 Å². The molecule has 33 heavy (non-hydrogen) atoms. The fraction of sp³-hybridized carbons (Fsp3) is 0.192. The molecule has 1 amide bonds. The van der Waals surface area contributed by atoms with Crippen LogP contribution in [0.4, 0.5) is 5.13 Å². The van der Waals surface area contributed by atoms with E-state index in [9.17, 15) is 4.79 Å². The van der Waals surface area contributed by atoms with Crippen LogP contribution in [0.3, 0.4) is 0 Å². The van der Waals surface area contributed by atoms with Crippen molar-refractivity contribution in [2.45, 2.75) is 26.2 Å². The summed E-state index contributed by atoms with van der Waals surface area (Å²) in [5.74, 6) is 0.501. The molecule has 4 aromatic rings. The molecule has 0 N–H and O–H groups in total. The third-order valence-electron chi connectivity index (χ3n) is 5.15. The molecule has 1 heterocycles. The summed E-state index contributed by atoms with van der Waals surface area (Å²) in [6, 6.07) is 21.1. The van der Waals surface area contributed by atoms with Crippen LogP contribution in [0.2, 0.25) is 0 Å². The molecule has 0 aliphatic rings. The van der Waals surface area contributed by atoms with E-state index in [0.29, 0.717) is 10.7 Å². The van der Waals surface area contributed by atoms with Crippen molar-refractivity contribution in [2.24, 2.45) is 5.10 Å². The Balaban J connectivity index is 1.73. The highest BCUT2D eigenvalue weighted by Gasteiger charge is 2.22. The first-order chi connectivity index (χ1) is 15.7. The maximum absolute atomic E-state index is 13.5. The third kappa shape index (κ3) is 5.31. The highest BCUT2D eigenvalue weighted by atomic mass is 79.9. The van der Waals surface area contributed by atoms with E-state index < -0.39 is 0 Å². The molecule has 4 rings (SSSR count). The fourth-order valence-electron chi connectivity index (χ4n) is 3.21. The quantitative estimate of drug-likeness (QED) is 0.209. The number of carbonyl (C=O) groups excluding carboxylic acids is 1. The van der Waals surface area contributed by atoms with Crippen LogP contribution in [0.25, 0.3) is 10.2 Å². The highest BCUT2D eigenvalue weighted by molar-refractivity contribution is 9.10. The van der Waals surface area contributed by atoms with Gasteiger partial charge in [0.1, 0.15) is 5.75 Å². The lowest BCUT2D eigenvalue weighted by molar-refractivity contribution is 0.0988. The van der Waals surface area contributed by atoms with Crippen molar-refractivity contribution in [1.29, 1.82) is 0 Å². The molecule has 0 radical (unpaired) electrons. The second kappa shape index (κ2) is 9.45. The topological polar surface area (TPSA) is 54.8 Å². The van der Waals surface area contributed by atoms with Gasteiger partial charge in [-0.2, -0.15) is 10.1 Å². The second-order valence-corrected chi connectivity index (χ2v) is 10.5. The summed E-state index contributed by atoms with van der Waals surface area (Å²) in [7, 11) is 1.63. The molecule has 0 unspecified atom stereocenters. The fourth-order valence-corrected chi connectivity index (χ4v) is 4.42. The predicted molar refractivity (Wildman–Crippen MR) is 140 cm³/mol. The average Bonchev–Trinajstić information content (AvgIpc) is 3.22. The Hall–Kier alpha value is -3.03. The standard InChI is InChI=1S/C26H24BrN3O2S/c1-26(2,3)19-9-7-18(8-10-19)24(31)30(28-16-17-5-11-20(27)12-6-17)25-29-22-14-13-21(32-4)15-23(22)33-25/h5-16H,1-4H3/b28-16+. The van der Waals surface area contributed by atoms with Crippen LogP contribution in [0, 0.1) is 0 Å². The maximum atomic E-state index is 13.5. The minimum atomic E-state index is -0.241. The van der Waals surface area contributed by atoms with E-state index in [2.05, 4.69) is 46.8 Å². The third-order valence-corrected chi connectivity index (χ3v) is 6.67. The van der Waals surface area contributed by atoms with Crippen LogP contribution in [0.1, 0.15) is 42.3 Å². The van der Waals surface area contributed by atoms with Gasteiger partial charge in [0.25, 0.3) is 5.91 Å². The number of nitrogens with zero attached hydrogens (tertiary/aromatic N) is 3. The molecule has 0 aliphatic heterocycles.